The molecule has 0 aliphatic rings. The first-order valence-corrected chi connectivity index (χ1v) is 16.3. The van der Waals surface area contributed by atoms with Gasteiger partial charge in [-0.2, -0.15) is 0 Å². The molecule has 2 aromatic rings. The van der Waals surface area contributed by atoms with Crippen LogP contribution in [-0.2, 0) is 15.6 Å². The lowest BCUT2D eigenvalue weighted by Crippen LogP contribution is -2.41. The predicted molar refractivity (Wildman–Crippen MR) is 147 cm³/mol. The molecule has 0 aliphatic heterocycles. The van der Waals surface area contributed by atoms with Crippen molar-refractivity contribution in [2.75, 3.05) is 32.2 Å². The predicted octanol–water partition coefficient (Wildman–Crippen LogP) is 6.90. The van der Waals surface area contributed by atoms with Gasteiger partial charge in [-0.05, 0) is 84.6 Å². The number of nitrogens with zero attached hydrogens (tertiary/aromatic N) is 1. The Hall–Kier alpha value is -1.24. The minimum absolute atomic E-state index is 0.214. The summed E-state index contributed by atoms with van der Waals surface area (Å²) in [7, 11) is -0.356. The minimum Gasteiger partial charge on any atom is -0.491 e. The molecule has 1 N–H and O–H groups in total. The molecule has 34 heavy (non-hydrogen) atoms. The van der Waals surface area contributed by atoms with Crippen LogP contribution in [0.15, 0.2) is 18.2 Å². The number of hydrogen-bond acceptors (Lipinski definition) is 7. The van der Waals surface area contributed by atoms with Gasteiger partial charge in [0.15, 0.2) is 30.7 Å². The molecule has 10 heteroatoms. The van der Waals surface area contributed by atoms with Crippen LogP contribution >= 0.6 is 33.9 Å². The fraction of sp³-hybridized carbons (Fsp3) is 0.583. The number of hydrogen-bond donors (Lipinski definition) is 1. The summed E-state index contributed by atoms with van der Waals surface area (Å²) in [6, 6.07) is 4.87. The molecule has 0 saturated carbocycles. The third-order valence-electron chi connectivity index (χ3n) is 5.89. The first kappa shape index (κ1) is 29.0. The number of carbonyl (C=O) groups excluding carboxylic acids is 1. The SMILES string of the molecule is COC(=O)c1nc(NCCCCO[Si](C)(C)C(C)(C)C)sc1CCCOc1ccc(I)cc1F. The van der Waals surface area contributed by atoms with Crippen LogP contribution in [0.3, 0.4) is 0 Å². The number of ether oxygens (including phenoxy) is 2. The molecule has 0 amide bonds. The molecule has 1 heterocycles. The Bertz CT molecular complexity index is 950. The van der Waals surface area contributed by atoms with Crippen molar-refractivity contribution in [1.29, 1.82) is 0 Å². The summed E-state index contributed by atoms with van der Waals surface area (Å²) in [5, 5.41) is 4.23. The lowest BCUT2D eigenvalue weighted by Gasteiger charge is -2.36. The van der Waals surface area contributed by atoms with E-state index in [-0.39, 0.29) is 16.6 Å². The normalized spacial score (nSPS) is 12.0. The summed E-state index contributed by atoms with van der Waals surface area (Å²) >= 11 is 3.50. The van der Waals surface area contributed by atoms with E-state index in [9.17, 15) is 9.18 Å². The van der Waals surface area contributed by atoms with Gasteiger partial charge < -0.3 is 19.2 Å². The Morgan fingerprint density at radius 3 is 2.59 bits per heavy atom. The average molecular weight is 623 g/mol. The molecule has 0 fully saturated rings. The van der Waals surface area contributed by atoms with Crippen molar-refractivity contribution >= 4 is 53.3 Å². The monoisotopic (exact) mass is 622 g/mol. The van der Waals surface area contributed by atoms with Crippen LogP contribution < -0.4 is 10.1 Å². The lowest BCUT2D eigenvalue weighted by molar-refractivity contribution is 0.0593. The summed E-state index contributed by atoms with van der Waals surface area (Å²) in [5.41, 5.74) is 0.330. The number of nitrogens with one attached hydrogen (secondary N) is 1. The van der Waals surface area contributed by atoms with Crippen LogP contribution in [0, 0.1) is 9.39 Å². The Morgan fingerprint density at radius 2 is 1.94 bits per heavy atom. The summed E-state index contributed by atoms with van der Waals surface area (Å²) in [5.74, 6) is -0.592. The summed E-state index contributed by atoms with van der Waals surface area (Å²) in [6.45, 7) is 13.1. The van der Waals surface area contributed by atoms with Gasteiger partial charge in [-0.15, -0.1) is 11.3 Å². The first-order chi connectivity index (χ1) is 15.9. The van der Waals surface area contributed by atoms with Gasteiger partial charge in [0.05, 0.1) is 13.7 Å². The zero-order chi connectivity index (χ0) is 25.4. The molecule has 1 aromatic heterocycles. The second-order valence-corrected chi connectivity index (χ2v) is 16.7. The zero-order valence-electron chi connectivity index (χ0n) is 20.9. The number of aryl methyl sites for hydroxylation is 1. The van der Waals surface area contributed by atoms with E-state index in [1.807, 2.05) is 0 Å². The molecular formula is C24H36FIN2O4SSi. The van der Waals surface area contributed by atoms with Gasteiger partial charge >= 0.3 is 5.97 Å². The average Bonchev–Trinajstić information content (AvgIpc) is 3.16. The maximum Gasteiger partial charge on any atom is 0.357 e. The van der Waals surface area contributed by atoms with Crippen molar-refractivity contribution in [2.45, 2.75) is 64.6 Å². The largest absolute Gasteiger partial charge is 0.491 e. The first-order valence-electron chi connectivity index (χ1n) is 11.5. The van der Waals surface area contributed by atoms with Gasteiger partial charge in [0.25, 0.3) is 0 Å². The number of methoxy groups -OCH3 is 1. The van der Waals surface area contributed by atoms with E-state index >= 15 is 0 Å². The van der Waals surface area contributed by atoms with E-state index in [1.165, 1.54) is 24.5 Å². The molecule has 0 unspecified atom stereocenters. The molecule has 190 valence electrons. The van der Waals surface area contributed by atoms with Crippen molar-refractivity contribution < 1.29 is 23.1 Å². The summed E-state index contributed by atoms with van der Waals surface area (Å²) < 4.78 is 31.4. The van der Waals surface area contributed by atoms with E-state index in [0.717, 1.165) is 34.4 Å². The number of esters is 1. The highest BCUT2D eigenvalue weighted by atomic mass is 127. The molecule has 0 spiro atoms. The Kier molecular flexibility index (Phi) is 11.2. The van der Waals surface area contributed by atoms with Crippen LogP contribution in [0.5, 0.6) is 5.75 Å². The molecular weight excluding hydrogens is 586 g/mol. The molecule has 0 aliphatic carbocycles. The van der Waals surface area contributed by atoms with Crippen LogP contribution in [0.25, 0.3) is 0 Å². The Labute approximate surface area is 221 Å². The van der Waals surface area contributed by atoms with E-state index in [4.69, 9.17) is 13.9 Å². The van der Waals surface area contributed by atoms with E-state index in [1.54, 1.807) is 12.1 Å². The standard InChI is InChI=1S/C24H36FIN2O4SSi/c1-24(2,3)34(5,6)32-15-8-7-13-27-23-28-21(22(29)30-4)20(33-23)10-9-14-31-19-12-11-17(26)16-18(19)25/h11-12,16H,7-10,13-15H2,1-6H3,(H,27,28). The fourth-order valence-electron chi connectivity index (χ4n) is 2.83. The highest BCUT2D eigenvalue weighted by Gasteiger charge is 2.36. The highest BCUT2D eigenvalue weighted by molar-refractivity contribution is 14.1. The van der Waals surface area contributed by atoms with Gasteiger partial charge in [-0.1, -0.05) is 20.8 Å². The van der Waals surface area contributed by atoms with Gasteiger partial charge in [0.1, 0.15) is 0 Å². The number of benzene rings is 1. The van der Waals surface area contributed by atoms with E-state index in [0.29, 0.717) is 30.3 Å². The highest BCUT2D eigenvalue weighted by Crippen LogP contribution is 2.36. The number of anilines is 1. The zero-order valence-corrected chi connectivity index (χ0v) is 24.9. The second kappa shape index (κ2) is 13.2. The van der Waals surface area contributed by atoms with Crippen LogP contribution in [0.1, 0.15) is 55.4 Å². The van der Waals surface area contributed by atoms with Gasteiger partial charge in [0.2, 0.25) is 0 Å². The molecule has 6 nitrogen and oxygen atoms in total. The van der Waals surface area contributed by atoms with Gasteiger partial charge in [0, 0.05) is 21.6 Å². The quantitative estimate of drug-likeness (QED) is 0.114. The summed E-state index contributed by atoms with van der Waals surface area (Å²) in [6.07, 6.45) is 3.14. The van der Waals surface area contributed by atoms with Crippen molar-refractivity contribution in [2.24, 2.45) is 0 Å². The van der Waals surface area contributed by atoms with Crippen LogP contribution in [0.2, 0.25) is 18.1 Å². The van der Waals surface area contributed by atoms with Crippen LogP contribution in [0.4, 0.5) is 9.52 Å². The fourth-order valence-corrected chi connectivity index (χ4v) is 5.38. The Morgan fingerprint density at radius 1 is 1.21 bits per heavy atom. The molecule has 0 saturated heterocycles. The number of carbonyl (C=O) groups is 1. The minimum atomic E-state index is -1.71. The third-order valence-corrected chi connectivity index (χ3v) is 12.2. The maximum atomic E-state index is 13.9. The van der Waals surface area contributed by atoms with E-state index in [2.05, 4.69) is 66.8 Å². The molecule has 1 aromatic carbocycles. The van der Waals surface area contributed by atoms with Crippen molar-refractivity contribution in [3.8, 4) is 5.75 Å². The molecule has 0 radical (unpaired) electrons. The Balaban J connectivity index is 1.81. The molecule has 0 atom stereocenters. The van der Waals surface area contributed by atoms with Crippen LogP contribution in [-0.4, -0.2) is 46.1 Å². The number of aromatic nitrogens is 1. The summed E-state index contributed by atoms with van der Waals surface area (Å²) in [4.78, 5) is 17.4. The molecule has 2 rings (SSSR count). The number of halogens is 2. The number of unbranched alkanes of at least 4 members (excludes halogenated alkanes) is 1. The maximum absolute atomic E-state index is 13.9. The third kappa shape index (κ3) is 8.76. The van der Waals surface area contributed by atoms with Crippen molar-refractivity contribution in [1.82, 2.24) is 4.98 Å². The smallest absolute Gasteiger partial charge is 0.357 e. The van der Waals surface area contributed by atoms with E-state index < -0.39 is 14.3 Å². The van der Waals surface area contributed by atoms with Gasteiger partial charge in [-0.25, -0.2) is 14.2 Å². The lowest BCUT2D eigenvalue weighted by atomic mass is 10.2. The topological polar surface area (TPSA) is 69.7 Å². The van der Waals surface area contributed by atoms with Crippen molar-refractivity contribution in [3.63, 3.8) is 0 Å². The molecule has 0 bridgehead atoms. The number of rotatable bonds is 13. The van der Waals surface area contributed by atoms with Gasteiger partial charge in [-0.3, -0.25) is 0 Å². The second-order valence-electron chi connectivity index (χ2n) is 9.55. The van der Waals surface area contributed by atoms with Crippen molar-refractivity contribution in [3.05, 3.63) is 38.2 Å². The number of thiazole rings is 1.